The molecule has 96 valence electrons. The van der Waals surface area contributed by atoms with Gasteiger partial charge in [0, 0.05) is 0 Å². The Labute approximate surface area is 106 Å². The molecule has 0 aliphatic heterocycles. The van der Waals surface area contributed by atoms with Crippen LogP contribution in [0.3, 0.4) is 0 Å². The van der Waals surface area contributed by atoms with Gasteiger partial charge in [0.1, 0.15) is 11.9 Å². The molecule has 18 heavy (non-hydrogen) atoms. The molecule has 0 saturated heterocycles. The first-order chi connectivity index (χ1) is 8.56. The number of aromatic nitrogens is 2. The Bertz CT molecular complexity index is 573. The fraction of sp³-hybridized carbons (Fsp3) is 0.385. The Morgan fingerprint density at radius 1 is 1.39 bits per heavy atom. The number of aryl methyl sites for hydroxylation is 1. The molecule has 2 rings (SSSR count). The minimum atomic E-state index is -0.345. The fourth-order valence-corrected chi connectivity index (χ4v) is 2.32. The number of nitrogens with one attached hydrogen (secondary N) is 1. The van der Waals surface area contributed by atoms with Gasteiger partial charge in [-0.15, -0.1) is 0 Å². The minimum absolute atomic E-state index is 0.129. The Kier molecular flexibility index (Phi) is 3.34. The summed E-state index contributed by atoms with van der Waals surface area (Å²) >= 11 is 0. The van der Waals surface area contributed by atoms with E-state index in [1.165, 1.54) is 0 Å². The van der Waals surface area contributed by atoms with Gasteiger partial charge in [-0.2, -0.15) is 0 Å². The van der Waals surface area contributed by atoms with Crippen LogP contribution in [0.5, 0.6) is 0 Å². The SMILES string of the molecule is Cc1nc2ccccc2n1C(C(=O)NN)C(C)C. The molecule has 0 radical (unpaired) electrons. The third kappa shape index (κ3) is 1.97. The lowest BCUT2D eigenvalue weighted by atomic mass is 10.0. The van der Waals surface area contributed by atoms with Crippen LogP contribution >= 0.6 is 0 Å². The number of benzene rings is 1. The van der Waals surface area contributed by atoms with Crippen molar-refractivity contribution >= 4 is 16.9 Å². The fourth-order valence-electron chi connectivity index (χ4n) is 2.32. The normalized spacial score (nSPS) is 12.9. The standard InChI is InChI=1S/C13H18N4O/c1-8(2)12(13(18)16-14)17-9(3)15-10-6-4-5-7-11(10)17/h4-8,12H,14H2,1-3H3,(H,16,18). The van der Waals surface area contributed by atoms with Crippen molar-refractivity contribution in [2.45, 2.75) is 26.8 Å². The highest BCUT2D eigenvalue weighted by atomic mass is 16.2. The third-order valence-electron chi connectivity index (χ3n) is 3.09. The van der Waals surface area contributed by atoms with Crippen LogP contribution in [-0.4, -0.2) is 15.5 Å². The highest BCUT2D eigenvalue weighted by molar-refractivity contribution is 5.84. The van der Waals surface area contributed by atoms with Gasteiger partial charge in [0.05, 0.1) is 11.0 Å². The first-order valence-electron chi connectivity index (χ1n) is 6.00. The smallest absolute Gasteiger partial charge is 0.257 e. The predicted molar refractivity (Wildman–Crippen MR) is 70.7 cm³/mol. The summed E-state index contributed by atoms with van der Waals surface area (Å²) in [6.45, 7) is 5.89. The lowest BCUT2D eigenvalue weighted by molar-refractivity contribution is -0.125. The summed E-state index contributed by atoms with van der Waals surface area (Å²) in [4.78, 5) is 16.4. The second-order valence-corrected chi connectivity index (χ2v) is 4.72. The van der Waals surface area contributed by atoms with E-state index >= 15 is 0 Å². The van der Waals surface area contributed by atoms with Gasteiger partial charge in [-0.25, -0.2) is 10.8 Å². The van der Waals surface area contributed by atoms with Gasteiger partial charge in [-0.1, -0.05) is 26.0 Å². The van der Waals surface area contributed by atoms with Crippen LogP contribution in [0.4, 0.5) is 0 Å². The second-order valence-electron chi connectivity index (χ2n) is 4.72. The molecule has 1 unspecified atom stereocenters. The van der Waals surface area contributed by atoms with Crippen molar-refractivity contribution in [2.24, 2.45) is 11.8 Å². The van der Waals surface area contributed by atoms with Gasteiger partial charge >= 0.3 is 0 Å². The van der Waals surface area contributed by atoms with Crippen molar-refractivity contribution in [3.8, 4) is 0 Å². The second kappa shape index (κ2) is 4.78. The monoisotopic (exact) mass is 246 g/mol. The van der Waals surface area contributed by atoms with Crippen molar-refractivity contribution < 1.29 is 4.79 Å². The van der Waals surface area contributed by atoms with Crippen LogP contribution in [0.25, 0.3) is 11.0 Å². The Balaban J connectivity index is 2.63. The van der Waals surface area contributed by atoms with Crippen LogP contribution in [0.2, 0.25) is 0 Å². The Morgan fingerprint density at radius 3 is 2.67 bits per heavy atom. The van der Waals surface area contributed by atoms with Crippen molar-refractivity contribution in [3.63, 3.8) is 0 Å². The van der Waals surface area contributed by atoms with Crippen molar-refractivity contribution in [2.75, 3.05) is 0 Å². The van der Waals surface area contributed by atoms with E-state index in [0.29, 0.717) is 0 Å². The van der Waals surface area contributed by atoms with Gasteiger partial charge in [-0.3, -0.25) is 10.2 Å². The summed E-state index contributed by atoms with van der Waals surface area (Å²) in [5, 5.41) is 0. The molecule has 1 heterocycles. The van der Waals surface area contributed by atoms with Crippen LogP contribution in [0, 0.1) is 12.8 Å². The van der Waals surface area contributed by atoms with E-state index in [0.717, 1.165) is 16.9 Å². The van der Waals surface area contributed by atoms with E-state index in [1.54, 1.807) is 0 Å². The van der Waals surface area contributed by atoms with Crippen molar-refractivity contribution in [1.82, 2.24) is 15.0 Å². The zero-order chi connectivity index (χ0) is 13.3. The number of nitrogens with zero attached hydrogens (tertiary/aromatic N) is 2. The zero-order valence-corrected chi connectivity index (χ0v) is 10.8. The van der Waals surface area contributed by atoms with E-state index in [1.807, 2.05) is 49.6 Å². The van der Waals surface area contributed by atoms with Gasteiger partial charge in [0.2, 0.25) is 0 Å². The molecular weight excluding hydrogens is 228 g/mol. The van der Waals surface area contributed by atoms with Gasteiger partial charge < -0.3 is 4.57 Å². The molecule has 0 fully saturated rings. The molecule has 1 amide bonds. The number of hydrogen-bond donors (Lipinski definition) is 2. The molecule has 1 aromatic heterocycles. The number of hydrogen-bond acceptors (Lipinski definition) is 3. The first-order valence-corrected chi connectivity index (χ1v) is 6.00. The number of amides is 1. The lowest BCUT2D eigenvalue weighted by Gasteiger charge is -2.22. The summed E-state index contributed by atoms with van der Waals surface area (Å²) in [5.41, 5.74) is 4.09. The Morgan fingerprint density at radius 2 is 2.06 bits per heavy atom. The number of hydrazine groups is 1. The molecule has 3 N–H and O–H groups in total. The largest absolute Gasteiger partial charge is 0.315 e. The van der Waals surface area contributed by atoms with Crippen molar-refractivity contribution in [3.05, 3.63) is 30.1 Å². The maximum atomic E-state index is 12.0. The van der Waals surface area contributed by atoms with Crippen LogP contribution in [0.1, 0.15) is 25.7 Å². The van der Waals surface area contributed by atoms with E-state index in [2.05, 4.69) is 10.4 Å². The molecule has 0 bridgehead atoms. The molecule has 2 aromatic rings. The summed E-state index contributed by atoms with van der Waals surface area (Å²) in [7, 11) is 0. The molecule has 0 spiro atoms. The maximum Gasteiger partial charge on any atom is 0.257 e. The summed E-state index contributed by atoms with van der Waals surface area (Å²) in [5.74, 6) is 6.03. The maximum absolute atomic E-state index is 12.0. The molecule has 0 aliphatic rings. The average Bonchev–Trinajstić information content (AvgIpc) is 2.66. The summed E-state index contributed by atoms with van der Waals surface area (Å²) in [6, 6.07) is 7.44. The molecule has 1 aromatic carbocycles. The molecule has 0 saturated carbocycles. The first kappa shape index (κ1) is 12.6. The van der Waals surface area contributed by atoms with Crippen LogP contribution < -0.4 is 11.3 Å². The molecule has 5 nitrogen and oxygen atoms in total. The number of para-hydroxylation sites is 2. The van der Waals surface area contributed by atoms with Crippen LogP contribution in [-0.2, 0) is 4.79 Å². The molecule has 5 heteroatoms. The van der Waals surface area contributed by atoms with Gasteiger partial charge in [0.25, 0.3) is 5.91 Å². The number of carbonyl (C=O) groups is 1. The average molecular weight is 246 g/mol. The summed E-state index contributed by atoms with van der Waals surface area (Å²) in [6.07, 6.45) is 0. The Hall–Kier alpha value is -1.88. The predicted octanol–water partition coefficient (Wildman–Crippen LogP) is 1.53. The molecule has 0 aliphatic carbocycles. The third-order valence-corrected chi connectivity index (χ3v) is 3.09. The van der Waals surface area contributed by atoms with E-state index in [4.69, 9.17) is 5.84 Å². The van der Waals surface area contributed by atoms with E-state index < -0.39 is 0 Å². The number of nitrogens with two attached hydrogens (primary N) is 1. The van der Waals surface area contributed by atoms with E-state index in [9.17, 15) is 4.79 Å². The van der Waals surface area contributed by atoms with Gasteiger partial charge in [0.15, 0.2) is 0 Å². The minimum Gasteiger partial charge on any atom is -0.315 e. The number of imidazole rings is 1. The molecular formula is C13H18N4O. The quantitative estimate of drug-likeness (QED) is 0.490. The lowest BCUT2D eigenvalue weighted by Crippen LogP contribution is -2.39. The zero-order valence-electron chi connectivity index (χ0n) is 10.8. The summed E-state index contributed by atoms with van der Waals surface area (Å²) < 4.78 is 1.95. The topological polar surface area (TPSA) is 72.9 Å². The number of rotatable bonds is 3. The highest BCUT2D eigenvalue weighted by Gasteiger charge is 2.26. The van der Waals surface area contributed by atoms with Gasteiger partial charge in [-0.05, 0) is 25.0 Å². The van der Waals surface area contributed by atoms with E-state index in [-0.39, 0.29) is 17.9 Å². The number of fused-ring (bicyclic) bond motifs is 1. The van der Waals surface area contributed by atoms with Crippen LogP contribution in [0.15, 0.2) is 24.3 Å². The highest BCUT2D eigenvalue weighted by Crippen LogP contribution is 2.25. The van der Waals surface area contributed by atoms with Crippen molar-refractivity contribution in [1.29, 1.82) is 0 Å². The number of carbonyl (C=O) groups excluding carboxylic acids is 1. The molecule has 1 atom stereocenters.